The third kappa shape index (κ3) is 7.80. The van der Waals surface area contributed by atoms with Gasteiger partial charge in [-0.2, -0.15) is 0 Å². The third-order valence-corrected chi connectivity index (χ3v) is 4.93. The van der Waals surface area contributed by atoms with E-state index in [1.54, 1.807) is 0 Å². The van der Waals surface area contributed by atoms with Crippen LogP contribution in [0.5, 0.6) is 0 Å². The van der Waals surface area contributed by atoms with Crippen molar-refractivity contribution in [2.24, 2.45) is 5.92 Å². The van der Waals surface area contributed by atoms with Crippen molar-refractivity contribution in [2.45, 2.75) is 32.4 Å². The molecule has 5 nitrogen and oxygen atoms in total. The maximum absolute atomic E-state index is 12.0. The lowest BCUT2D eigenvalue weighted by atomic mass is 10.0. The van der Waals surface area contributed by atoms with E-state index in [2.05, 4.69) is 39.8 Å². The second kappa shape index (κ2) is 12.5. The van der Waals surface area contributed by atoms with Crippen LogP contribution in [0.15, 0.2) is 24.3 Å². The first-order chi connectivity index (χ1) is 11.8. The highest BCUT2D eigenvalue weighted by Crippen LogP contribution is 2.14. The highest BCUT2D eigenvalue weighted by atomic mass is 35.5. The van der Waals surface area contributed by atoms with Crippen LogP contribution in [0.1, 0.15) is 30.4 Å². The predicted molar refractivity (Wildman–Crippen MR) is 109 cm³/mol. The fourth-order valence-electron chi connectivity index (χ4n) is 3.44. The van der Waals surface area contributed by atoms with Gasteiger partial charge in [-0.15, -0.1) is 24.8 Å². The fraction of sp³-hybridized carbons (Fsp3) is 0.632. The molecule has 2 saturated heterocycles. The normalized spacial score (nSPS) is 20.1. The van der Waals surface area contributed by atoms with Crippen molar-refractivity contribution in [3.8, 4) is 0 Å². The Kier molecular flexibility index (Phi) is 11.2. The fourth-order valence-corrected chi connectivity index (χ4v) is 3.44. The van der Waals surface area contributed by atoms with E-state index in [9.17, 15) is 4.79 Å². The van der Waals surface area contributed by atoms with Crippen molar-refractivity contribution in [3.63, 3.8) is 0 Å². The van der Waals surface area contributed by atoms with Crippen LogP contribution >= 0.6 is 24.8 Å². The number of nitrogens with one attached hydrogen (secondary N) is 2. The molecule has 2 aliphatic rings. The Hall–Kier alpha value is -0.850. The van der Waals surface area contributed by atoms with E-state index in [0.29, 0.717) is 18.9 Å². The number of hydrogen-bond acceptors (Lipinski definition) is 4. The Bertz CT molecular complexity index is 533. The number of amides is 1. The van der Waals surface area contributed by atoms with Crippen molar-refractivity contribution in [1.29, 1.82) is 0 Å². The number of carbonyl (C=O) groups is 1. The standard InChI is InChI=1S/C19H29N3O2.2ClH/c23-19(5-4-16-6-7-20-13-16)21-14-17-2-1-3-18(12-17)15-22-8-10-24-11-9-22;;/h1-3,12,16,20H,4-11,13-15H2,(H,21,23);2*1H. The molecule has 2 heterocycles. The first kappa shape index (κ1) is 23.2. The van der Waals surface area contributed by atoms with Crippen LogP contribution in [0.2, 0.25) is 0 Å². The van der Waals surface area contributed by atoms with Crippen molar-refractivity contribution < 1.29 is 9.53 Å². The highest BCUT2D eigenvalue weighted by Gasteiger charge is 2.15. The third-order valence-electron chi connectivity index (χ3n) is 4.93. The van der Waals surface area contributed by atoms with Gasteiger partial charge in [-0.1, -0.05) is 24.3 Å². The lowest BCUT2D eigenvalue weighted by Gasteiger charge is -2.26. The van der Waals surface area contributed by atoms with E-state index in [1.807, 2.05) is 0 Å². The van der Waals surface area contributed by atoms with Crippen LogP contribution in [0.25, 0.3) is 0 Å². The van der Waals surface area contributed by atoms with Crippen LogP contribution < -0.4 is 10.6 Å². The summed E-state index contributed by atoms with van der Waals surface area (Å²) in [4.78, 5) is 14.4. The summed E-state index contributed by atoms with van der Waals surface area (Å²) < 4.78 is 5.39. The van der Waals surface area contributed by atoms with Gasteiger partial charge >= 0.3 is 0 Å². The smallest absolute Gasteiger partial charge is 0.220 e. The van der Waals surface area contributed by atoms with Crippen LogP contribution in [0, 0.1) is 5.92 Å². The number of rotatable bonds is 7. The van der Waals surface area contributed by atoms with Crippen LogP contribution in [0.3, 0.4) is 0 Å². The van der Waals surface area contributed by atoms with E-state index in [0.717, 1.165) is 52.4 Å². The molecule has 148 valence electrons. The van der Waals surface area contributed by atoms with Gasteiger partial charge in [0.05, 0.1) is 13.2 Å². The summed E-state index contributed by atoms with van der Waals surface area (Å²) >= 11 is 0. The molecule has 1 atom stereocenters. The van der Waals surface area contributed by atoms with Gasteiger partial charge in [0.15, 0.2) is 0 Å². The SMILES string of the molecule is Cl.Cl.O=C(CCC1CCNC1)NCc1cccc(CN2CCOCC2)c1. The van der Waals surface area contributed by atoms with Crippen LogP contribution in [-0.4, -0.2) is 50.2 Å². The van der Waals surface area contributed by atoms with E-state index < -0.39 is 0 Å². The first-order valence-corrected chi connectivity index (χ1v) is 9.15. The number of halogens is 2. The Balaban J connectivity index is 0.00000169. The Morgan fingerprint density at radius 3 is 2.73 bits per heavy atom. The zero-order chi connectivity index (χ0) is 16.6. The van der Waals surface area contributed by atoms with E-state index in [4.69, 9.17) is 4.74 Å². The minimum atomic E-state index is 0. The minimum absolute atomic E-state index is 0. The summed E-state index contributed by atoms with van der Waals surface area (Å²) in [6, 6.07) is 8.54. The van der Waals surface area contributed by atoms with E-state index in [1.165, 1.54) is 17.5 Å². The Labute approximate surface area is 169 Å². The lowest BCUT2D eigenvalue weighted by Crippen LogP contribution is -2.35. The second-order valence-corrected chi connectivity index (χ2v) is 6.88. The molecule has 7 heteroatoms. The van der Waals surface area contributed by atoms with Gasteiger partial charge in [0.1, 0.15) is 0 Å². The van der Waals surface area contributed by atoms with Crippen molar-refractivity contribution in [2.75, 3.05) is 39.4 Å². The lowest BCUT2D eigenvalue weighted by molar-refractivity contribution is -0.121. The van der Waals surface area contributed by atoms with Gasteiger partial charge in [0.2, 0.25) is 5.91 Å². The quantitative estimate of drug-likeness (QED) is 0.733. The maximum Gasteiger partial charge on any atom is 0.220 e. The molecule has 0 radical (unpaired) electrons. The molecule has 3 rings (SSSR count). The molecule has 0 saturated carbocycles. The van der Waals surface area contributed by atoms with E-state index >= 15 is 0 Å². The van der Waals surface area contributed by atoms with Crippen molar-refractivity contribution in [3.05, 3.63) is 35.4 Å². The summed E-state index contributed by atoms with van der Waals surface area (Å²) in [7, 11) is 0. The number of morpholine rings is 1. The molecule has 0 aromatic heterocycles. The largest absolute Gasteiger partial charge is 0.379 e. The van der Waals surface area contributed by atoms with Crippen LogP contribution in [0.4, 0.5) is 0 Å². The topological polar surface area (TPSA) is 53.6 Å². The predicted octanol–water partition coefficient (Wildman–Crippen LogP) is 2.37. The van der Waals surface area contributed by atoms with Gasteiger partial charge in [-0.05, 0) is 43.0 Å². The summed E-state index contributed by atoms with van der Waals surface area (Å²) in [5.74, 6) is 0.841. The molecule has 2 N–H and O–H groups in total. The zero-order valence-electron chi connectivity index (χ0n) is 15.2. The summed E-state index contributed by atoms with van der Waals surface area (Å²) in [5.41, 5.74) is 2.48. The molecule has 1 aromatic carbocycles. The van der Waals surface area contributed by atoms with Crippen molar-refractivity contribution in [1.82, 2.24) is 15.5 Å². The monoisotopic (exact) mass is 403 g/mol. The van der Waals surface area contributed by atoms with E-state index in [-0.39, 0.29) is 30.7 Å². The maximum atomic E-state index is 12.0. The van der Waals surface area contributed by atoms with Gasteiger partial charge in [0.25, 0.3) is 0 Å². The molecule has 0 spiro atoms. The molecule has 1 unspecified atom stereocenters. The molecule has 2 aliphatic heterocycles. The van der Waals surface area contributed by atoms with Gasteiger partial charge in [-0.25, -0.2) is 0 Å². The molecule has 26 heavy (non-hydrogen) atoms. The Morgan fingerprint density at radius 1 is 1.23 bits per heavy atom. The summed E-state index contributed by atoms with van der Waals surface area (Å²) in [5, 5.41) is 6.41. The van der Waals surface area contributed by atoms with Gasteiger partial charge in [-0.3, -0.25) is 9.69 Å². The molecule has 0 aliphatic carbocycles. The molecule has 1 amide bonds. The average molecular weight is 404 g/mol. The number of nitrogens with zero attached hydrogens (tertiary/aromatic N) is 1. The number of benzene rings is 1. The average Bonchev–Trinajstić information content (AvgIpc) is 3.13. The summed E-state index contributed by atoms with van der Waals surface area (Å²) in [6.07, 6.45) is 2.84. The molecule has 1 aromatic rings. The molecule has 2 fully saturated rings. The van der Waals surface area contributed by atoms with Crippen molar-refractivity contribution >= 4 is 30.7 Å². The zero-order valence-corrected chi connectivity index (χ0v) is 16.9. The number of hydrogen-bond donors (Lipinski definition) is 2. The second-order valence-electron chi connectivity index (χ2n) is 6.88. The summed E-state index contributed by atoms with van der Waals surface area (Å²) in [6.45, 7) is 7.39. The minimum Gasteiger partial charge on any atom is -0.379 e. The highest BCUT2D eigenvalue weighted by molar-refractivity contribution is 5.85. The number of carbonyl (C=O) groups excluding carboxylic acids is 1. The first-order valence-electron chi connectivity index (χ1n) is 9.15. The Morgan fingerprint density at radius 2 is 2.00 bits per heavy atom. The van der Waals surface area contributed by atoms with Gasteiger partial charge in [0, 0.05) is 32.6 Å². The number of ether oxygens (including phenoxy) is 1. The molecular weight excluding hydrogens is 373 g/mol. The van der Waals surface area contributed by atoms with Crippen LogP contribution in [-0.2, 0) is 22.6 Å². The van der Waals surface area contributed by atoms with Gasteiger partial charge < -0.3 is 15.4 Å². The molecular formula is C19H31Cl2N3O2. The molecule has 0 bridgehead atoms.